The third-order valence-corrected chi connectivity index (χ3v) is 3.28. The highest BCUT2D eigenvalue weighted by atomic mass is 19.4. The van der Waals surface area contributed by atoms with Gasteiger partial charge in [0.05, 0.1) is 5.92 Å². The Bertz CT molecular complexity index is 194. The SMILES string of the molecule is CC(C)[C@@H]1CC(C(F)(F)F)CN1C(C)C. The standard InChI is InChI=1S/C11H20F3N/c1-7(2)10-5-9(11(12,13)14)6-15(10)8(3)4/h7-10H,5-6H2,1-4H3/t9?,10-/m0/s1. The molecule has 2 atom stereocenters. The Balaban J connectivity index is 2.74. The van der Waals surface area contributed by atoms with Crippen LogP contribution in [0, 0.1) is 11.8 Å². The highest BCUT2D eigenvalue weighted by Gasteiger charge is 2.48. The van der Waals surface area contributed by atoms with Crippen molar-refractivity contribution in [1.29, 1.82) is 0 Å². The number of rotatable bonds is 2. The second-order valence-corrected chi connectivity index (χ2v) is 5.08. The smallest absolute Gasteiger partial charge is 0.297 e. The molecule has 1 fully saturated rings. The molecule has 1 rings (SSSR count). The van der Waals surface area contributed by atoms with E-state index in [0.717, 1.165) is 0 Å². The van der Waals surface area contributed by atoms with Crippen LogP contribution >= 0.6 is 0 Å². The topological polar surface area (TPSA) is 3.24 Å². The van der Waals surface area contributed by atoms with Crippen molar-refractivity contribution in [3.63, 3.8) is 0 Å². The minimum absolute atomic E-state index is 0.0802. The lowest BCUT2D eigenvalue weighted by Gasteiger charge is -2.30. The van der Waals surface area contributed by atoms with Crippen LogP contribution in [-0.4, -0.2) is 29.7 Å². The quantitative estimate of drug-likeness (QED) is 0.694. The summed E-state index contributed by atoms with van der Waals surface area (Å²) in [6.07, 6.45) is -3.77. The molecule has 90 valence electrons. The molecule has 0 radical (unpaired) electrons. The molecule has 0 aromatic rings. The fraction of sp³-hybridized carbons (Fsp3) is 1.00. The average molecular weight is 223 g/mol. The Labute approximate surface area is 89.6 Å². The number of nitrogens with zero attached hydrogens (tertiary/aromatic N) is 1. The molecule has 0 bridgehead atoms. The van der Waals surface area contributed by atoms with Gasteiger partial charge in [-0.2, -0.15) is 13.2 Å². The van der Waals surface area contributed by atoms with Gasteiger partial charge >= 0.3 is 6.18 Å². The number of hydrogen-bond donors (Lipinski definition) is 0. The monoisotopic (exact) mass is 223 g/mol. The normalized spacial score (nSPS) is 29.4. The minimum Gasteiger partial charge on any atom is -0.297 e. The second kappa shape index (κ2) is 4.32. The number of halogens is 3. The van der Waals surface area contributed by atoms with E-state index in [1.54, 1.807) is 0 Å². The van der Waals surface area contributed by atoms with Gasteiger partial charge in [-0.05, 0) is 26.2 Å². The molecule has 0 aromatic heterocycles. The lowest BCUT2D eigenvalue weighted by Crippen LogP contribution is -2.38. The maximum Gasteiger partial charge on any atom is 0.393 e. The van der Waals surface area contributed by atoms with Crippen LogP contribution in [0.3, 0.4) is 0 Å². The van der Waals surface area contributed by atoms with Crippen LogP contribution < -0.4 is 0 Å². The van der Waals surface area contributed by atoms with Crippen LogP contribution in [-0.2, 0) is 0 Å². The summed E-state index contributed by atoms with van der Waals surface area (Å²) in [4.78, 5) is 1.99. The molecule has 1 nitrogen and oxygen atoms in total. The summed E-state index contributed by atoms with van der Waals surface area (Å²) < 4.78 is 37.8. The van der Waals surface area contributed by atoms with Crippen molar-refractivity contribution in [2.24, 2.45) is 11.8 Å². The molecule has 0 saturated carbocycles. The van der Waals surface area contributed by atoms with Crippen molar-refractivity contribution in [2.75, 3.05) is 6.54 Å². The predicted molar refractivity (Wildman–Crippen MR) is 54.6 cm³/mol. The molecule has 0 aliphatic carbocycles. The first-order chi connectivity index (χ1) is 6.73. The summed E-state index contributed by atoms with van der Waals surface area (Å²) in [5.74, 6) is -0.841. The van der Waals surface area contributed by atoms with E-state index in [1.807, 2.05) is 32.6 Å². The van der Waals surface area contributed by atoms with Crippen molar-refractivity contribution in [3.8, 4) is 0 Å². The molecule has 0 spiro atoms. The van der Waals surface area contributed by atoms with Gasteiger partial charge in [0, 0.05) is 18.6 Å². The summed E-state index contributed by atoms with van der Waals surface area (Å²) in [5, 5.41) is 0. The van der Waals surface area contributed by atoms with Gasteiger partial charge in [-0.25, -0.2) is 0 Å². The molecule has 1 saturated heterocycles. The number of alkyl halides is 3. The van der Waals surface area contributed by atoms with E-state index in [9.17, 15) is 13.2 Å². The molecule has 0 amide bonds. The third kappa shape index (κ3) is 2.86. The van der Waals surface area contributed by atoms with Crippen LogP contribution in [0.1, 0.15) is 34.1 Å². The van der Waals surface area contributed by atoms with Crippen LogP contribution in [0.5, 0.6) is 0 Å². The van der Waals surface area contributed by atoms with Crippen molar-refractivity contribution in [3.05, 3.63) is 0 Å². The van der Waals surface area contributed by atoms with E-state index in [-0.39, 0.29) is 25.0 Å². The van der Waals surface area contributed by atoms with Gasteiger partial charge in [0.2, 0.25) is 0 Å². The average Bonchev–Trinajstić information content (AvgIpc) is 2.45. The van der Waals surface area contributed by atoms with Crippen LogP contribution in [0.15, 0.2) is 0 Å². The Kier molecular flexibility index (Phi) is 3.69. The molecule has 1 heterocycles. The van der Waals surface area contributed by atoms with Crippen LogP contribution in [0.2, 0.25) is 0 Å². The molecule has 0 aromatic carbocycles. The third-order valence-electron chi connectivity index (χ3n) is 3.28. The summed E-state index contributed by atoms with van der Waals surface area (Å²) in [6, 6.07) is 0.279. The van der Waals surface area contributed by atoms with E-state index in [4.69, 9.17) is 0 Å². The highest BCUT2D eigenvalue weighted by molar-refractivity contribution is 4.91. The molecule has 0 N–H and O–H groups in total. The molecule has 1 aliphatic rings. The fourth-order valence-electron chi connectivity index (χ4n) is 2.38. The highest BCUT2D eigenvalue weighted by Crippen LogP contribution is 2.39. The summed E-state index contributed by atoms with van der Waals surface area (Å²) >= 11 is 0. The van der Waals surface area contributed by atoms with Gasteiger partial charge < -0.3 is 0 Å². The lowest BCUT2D eigenvalue weighted by molar-refractivity contribution is -0.171. The Morgan fingerprint density at radius 1 is 1.13 bits per heavy atom. The Morgan fingerprint density at radius 2 is 1.67 bits per heavy atom. The molecular formula is C11H20F3N. The van der Waals surface area contributed by atoms with Gasteiger partial charge in [-0.15, -0.1) is 0 Å². The maximum absolute atomic E-state index is 12.6. The number of hydrogen-bond acceptors (Lipinski definition) is 1. The number of likely N-dealkylation sites (tertiary alicyclic amines) is 1. The van der Waals surface area contributed by atoms with E-state index in [1.165, 1.54) is 0 Å². The second-order valence-electron chi connectivity index (χ2n) is 5.08. The van der Waals surface area contributed by atoms with Crippen LogP contribution in [0.4, 0.5) is 13.2 Å². The molecule has 1 aliphatic heterocycles. The zero-order chi connectivity index (χ0) is 11.8. The van der Waals surface area contributed by atoms with E-state index < -0.39 is 12.1 Å². The van der Waals surface area contributed by atoms with Crippen molar-refractivity contribution in [2.45, 2.75) is 52.4 Å². The Hall–Kier alpha value is -0.250. The molecule has 4 heteroatoms. The van der Waals surface area contributed by atoms with Crippen LogP contribution in [0.25, 0.3) is 0 Å². The van der Waals surface area contributed by atoms with Crippen molar-refractivity contribution >= 4 is 0 Å². The molecule has 15 heavy (non-hydrogen) atoms. The summed E-state index contributed by atoms with van der Waals surface area (Å²) in [6.45, 7) is 8.10. The molecular weight excluding hydrogens is 203 g/mol. The largest absolute Gasteiger partial charge is 0.393 e. The van der Waals surface area contributed by atoms with Gasteiger partial charge in [-0.1, -0.05) is 13.8 Å². The zero-order valence-corrected chi connectivity index (χ0v) is 9.80. The Morgan fingerprint density at radius 3 is 1.93 bits per heavy atom. The first-order valence-electron chi connectivity index (χ1n) is 5.56. The van der Waals surface area contributed by atoms with E-state index in [2.05, 4.69) is 0 Å². The van der Waals surface area contributed by atoms with Crippen molar-refractivity contribution in [1.82, 2.24) is 4.90 Å². The van der Waals surface area contributed by atoms with E-state index in [0.29, 0.717) is 5.92 Å². The fourth-order valence-corrected chi connectivity index (χ4v) is 2.38. The molecule has 1 unspecified atom stereocenters. The lowest BCUT2D eigenvalue weighted by atomic mass is 9.97. The minimum atomic E-state index is -4.03. The zero-order valence-electron chi connectivity index (χ0n) is 9.80. The van der Waals surface area contributed by atoms with Crippen molar-refractivity contribution < 1.29 is 13.2 Å². The first-order valence-corrected chi connectivity index (χ1v) is 5.56. The summed E-state index contributed by atoms with van der Waals surface area (Å²) in [7, 11) is 0. The van der Waals surface area contributed by atoms with Gasteiger partial charge in [0.25, 0.3) is 0 Å². The predicted octanol–water partition coefficient (Wildman–Crippen LogP) is 3.30. The van der Waals surface area contributed by atoms with Gasteiger partial charge in [0.15, 0.2) is 0 Å². The first kappa shape index (κ1) is 12.8. The summed E-state index contributed by atoms with van der Waals surface area (Å²) in [5.41, 5.74) is 0. The van der Waals surface area contributed by atoms with Gasteiger partial charge in [-0.3, -0.25) is 4.90 Å². The van der Waals surface area contributed by atoms with E-state index >= 15 is 0 Å². The maximum atomic E-state index is 12.6. The van der Waals surface area contributed by atoms with Gasteiger partial charge in [0.1, 0.15) is 0 Å².